The molecule has 1 aliphatic rings. The number of hydrogen-bond donors (Lipinski definition) is 0. The molecule has 0 radical (unpaired) electrons. The van der Waals surface area contributed by atoms with Crippen LogP contribution in [-0.2, 0) is 14.8 Å². The molecular formula is C15H20FNO4S. The van der Waals surface area contributed by atoms with Crippen LogP contribution in [0.5, 0.6) is 0 Å². The van der Waals surface area contributed by atoms with Gasteiger partial charge in [-0.15, -0.1) is 0 Å². The van der Waals surface area contributed by atoms with Crippen molar-refractivity contribution in [2.24, 2.45) is 0 Å². The second-order valence-electron chi connectivity index (χ2n) is 5.60. The third kappa shape index (κ3) is 3.64. The summed E-state index contributed by atoms with van der Waals surface area (Å²) < 4.78 is 44.2. The predicted molar refractivity (Wildman–Crippen MR) is 79.6 cm³/mol. The molecule has 0 bridgehead atoms. The average molecular weight is 329 g/mol. The lowest BCUT2D eigenvalue weighted by molar-refractivity contribution is 0.0211. The lowest BCUT2D eigenvalue weighted by Crippen LogP contribution is -2.24. The number of hydrogen-bond acceptors (Lipinski definition) is 4. The highest BCUT2D eigenvalue weighted by atomic mass is 32.2. The zero-order valence-electron chi connectivity index (χ0n) is 12.7. The van der Waals surface area contributed by atoms with E-state index in [-0.39, 0.29) is 11.7 Å². The summed E-state index contributed by atoms with van der Waals surface area (Å²) in [5, 5.41) is 0. The van der Waals surface area contributed by atoms with Crippen LogP contribution in [0.3, 0.4) is 0 Å². The van der Waals surface area contributed by atoms with Gasteiger partial charge in [0.05, 0.1) is 5.56 Å². The van der Waals surface area contributed by atoms with Crippen LogP contribution in [0.25, 0.3) is 0 Å². The first-order valence-electron chi connectivity index (χ1n) is 7.25. The molecule has 0 atom stereocenters. The maximum atomic E-state index is 13.8. The highest BCUT2D eigenvalue weighted by Crippen LogP contribution is 2.23. The van der Waals surface area contributed by atoms with E-state index < -0.39 is 26.7 Å². The van der Waals surface area contributed by atoms with Gasteiger partial charge in [-0.1, -0.05) is 6.42 Å². The van der Waals surface area contributed by atoms with Gasteiger partial charge >= 0.3 is 5.97 Å². The number of carbonyl (C=O) groups excluding carboxylic acids is 1. The summed E-state index contributed by atoms with van der Waals surface area (Å²) >= 11 is 0. The van der Waals surface area contributed by atoms with Crippen LogP contribution in [0.1, 0.15) is 42.5 Å². The van der Waals surface area contributed by atoms with Gasteiger partial charge in [0.15, 0.2) is 0 Å². The van der Waals surface area contributed by atoms with Crippen LogP contribution in [0.15, 0.2) is 23.1 Å². The van der Waals surface area contributed by atoms with Crippen LogP contribution in [0.2, 0.25) is 0 Å². The standard InChI is InChI=1S/C15H20FNO4S/c1-17(2)22(19,20)14-10-11(8-9-13(14)16)15(18)21-12-6-4-3-5-7-12/h8-10,12H,3-7H2,1-2H3. The molecular weight excluding hydrogens is 309 g/mol. The van der Waals surface area contributed by atoms with Crippen LogP contribution in [-0.4, -0.2) is 38.9 Å². The molecule has 5 nitrogen and oxygen atoms in total. The fourth-order valence-electron chi connectivity index (χ4n) is 2.43. The fraction of sp³-hybridized carbons (Fsp3) is 0.533. The van der Waals surface area contributed by atoms with Gasteiger partial charge in [0.25, 0.3) is 0 Å². The number of esters is 1. The van der Waals surface area contributed by atoms with E-state index in [2.05, 4.69) is 0 Å². The number of ether oxygens (including phenoxy) is 1. The molecule has 0 heterocycles. The van der Waals surface area contributed by atoms with Crippen molar-refractivity contribution >= 4 is 16.0 Å². The monoisotopic (exact) mass is 329 g/mol. The van der Waals surface area contributed by atoms with Crippen LogP contribution in [0.4, 0.5) is 4.39 Å². The van der Waals surface area contributed by atoms with E-state index in [1.165, 1.54) is 20.2 Å². The fourth-order valence-corrected chi connectivity index (χ4v) is 3.41. The summed E-state index contributed by atoms with van der Waals surface area (Å²) in [5.74, 6) is -1.50. The SMILES string of the molecule is CN(C)S(=O)(=O)c1cc(C(=O)OC2CCCCC2)ccc1F. The molecule has 122 valence electrons. The van der Waals surface area contributed by atoms with E-state index in [0.29, 0.717) is 0 Å². The summed E-state index contributed by atoms with van der Waals surface area (Å²) in [5.41, 5.74) is 0.0485. The molecule has 2 rings (SSSR count). The summed E-state index contributed by atoms with van der Waals surface area (Å²) in [4.78, 5) is 11.6. The van der Waals surface area contributed by atoms with Crippen molar-refractivity contribution in [3.8, 4) is 0 Å². The minimum Gasteiger partial charge on any atom is -0.459 e. The zero-order valence-corrected chi connectivity index (χ0v) is 13.5. The number of halogens is 1. The summed E-state index contributed by atoms with van der Waals surface area (Å²) in [6.07, 6.45) is 4.66. The first-order chi connectivity index (χ1) is 10.3. The van der Waals surface area contributed by atoms with Crippen LogP contribution >= 0.6 is 0 Å². The molecule has 1 fully saturated rings. The largest absolute Gasteiger partial charge is 0.459 e. The molecule has 0 saturated heterocycles. The Bertz CT molecular complexity index is 652. The normalized spacial score (nSPS) is 16.7. The van der Waals surface area contributed by atoms with Gasteiger partial charge in [0, 0.05) is 14.1 Å². The highest BCUT2D eigenvalue weighted by Gasteiger charge is 2.25. The van der Waals surface area contributed by atoms with E-state index in [4.69, 9.17) is 4.74 Å². The molecule has 0 aliphatic heterocycles. The van der Waals surface area contributed by atoms with Crippen molar-refractivity contribution in [2.75, 3.05) is 14.1 Å². The van der Waals surface area contributed by atoms with Gasteiger partial charge in [-0.25, -0.2) is 21.9 Å². The Hall–Kier alpha value is -1.47. The summed E-state index contributed by atoms with van der Waals surface area (Å²) in [6, 6.07) is 3.26. The minimum absolute atomic E-state index is 0.0485. The molecule has 1 aliphatic carbocycles. The molecule has 1 saturated carbocycles. The second kappa shape index (κ2) is 6.75. The first kappa shape index (κ1) is 16.9. The predicted octanol–water partition coefficient (Wildman–Crippen LogP) is 2.57. The maximum absolute atomic E-state index is 13.8. The Morgan fingerprint density at radius 3 is 2.45 bits per heavy atom. The number of nitrogens with zero attached hydrogens (tertiary/aromatic N) is 1. The Morgan fingerprint density at radius 1 is 1.23 bits per heavy atom. The molecule has 0 aromatic heterocycles. The lowest BCUT2D eigenvalue weighted by Gasteiger charge is -2.22. The zero-order chi connectivity index (χ0) is 16.3. The third-order valence-corrected chi connectivity index (χ3v) is 5.58. The Balaban J connectivity index is 2.23. The van der Waals surface area contributed by atoms with E-state index in [9.17, 15) is 17.6 Å². The quantitative estimate of drug-likeness (QED) is 0.797. The molecule has 1 aromatic rings. The number of benzene rings is 1. The number of sulfonamides is 1. The topological polar surface area (TPSA) is 63.7 Å². The van der Waals surface area contributed by atoms with Crippen molar-refractivity contribution in [1.82, 2.24) is 4.31 Å². The van der Waals surface area contributed by atoms with Crippen molar-refractivity contribution < 1.29 is 22.3 Å². The van der Waals surface area contributed by atoms with Crippen molar-refractivity contribution in [2.45, 2.75) is 43.1 Å². The number of rotatable bonds is 4. The lowest BCUT2D eigenvalue weighted by atomic mass is 9.98. The second-order valence-corrected chi connectivity index (χ2v) is 7.72. The minimum atomic E-state index is -3.95. The first-order valence-corrected chi connectivity index (χ1v) is 8.69. The molecule has 0 N–H and O–H groups in total. The van der Waals surface area contributed by atoms with Gasteiger partial charge in [-0.3, -0.25) is 0 Å². The van der Waals surface area contributed by atoms with E-state index in [0.717, 1.165) is 48.5 Å². The van der Waals surface area contributed by atoms with Crippen molar-refractivity contribution in [3.05, 3.63) is 29.6 Å². The van der Waals surface area contributed by atoms with Crippen molar-refractivity contribution in [3.63, 3.8) is 0 Å². The molecule has 22 heavy (non-hydrogen) atoms. The Kier molecular flexibility index (Phi) is 5.18. The van der Waals surface area contributed by atoms with Gasteiger partial charge < -0.3 is 4.74 Å². The Morgan fingerprint density at radius 2 is 1.86 bits per heavy atom. The van der Waals surface area contributed by atoms with E-state index >= 15 is 0 Å². The molecule has 1 aromatic carbocycles. The Labute approximate surface area is 130 Å². The van der Waals surface area contributed by atoms with E-state index in [1.807, 2.05) is 0 Å². The van der Waals surface area contributed by atoms with E-state index in [1.54, 1.807) is 0 Å². The number of carbonyl (C=O) groups is 1. The van der Waals surface area contributed by atoms with Gasteiger partial charge in [-0.05, 0) is 43.9 Å². The molecule has 0 amide bonds. The average Bonchev–Trinajstić information content (AvgIpc) is 2.48. The smallest absolute Gasteiger partial charge is 0.338 e. The third-order valence-electron chi connectivity index (χ3n) is 3.75. The molecule has 7 heteroatoms. The van der Waals surface area contributed by atoms with Gasteiger partial charge in [-0.2, -0.15) is 0 Å². The van der Waals surface area contributed by atoms with Gasteiger partial charge in [0.1, 0.15) is 16.8 Å². The molecule has 0 spiro atoms. The summed E-state index contributed by atoms with van der Waals surface area (Å²) in [7, 11) is -1.33. The highest BCUT2D eigenvalue weighted by molar-refractivity contribution is 7.89. The maximum Gasteiger partial charge on any atom is 0.338 e. The van der Waals surface area contributed by atoms with Crippen LogP contribution in [0, 0.1) is 5.82 Å². The van der Waals surface area contributed by atoms with Gasteiger partial charge in [0.2, 0.25) is 10.0 Å². The van der Waals surface area contributed by atoms with Crippen molar-refractivity contribution in [1.29, 1.82) is 0 Å². The summed E-state index contributed by atoms with van der Waals surface area (Å²) in [6.45, 7) is 0. The van der Waals surface area contributed by atoms with Crippen LogP contribution < -0.4 is 0 Å². The molecule has 0 unspecified atom stereocenters.